The van der Waals surface area contributed by atoms with Gasteiger partial charge < -0.3 is 24.8 Å². The van der Waals surface area contributed by atoms with Crippen LogP contribution in [0.1, 0.15) is 32.4 Å². The fourth-order valence-electron chi connectivity index (χ4n) is 1.74. The van der Waals surface area contributed by atoms with E-state index < -0.39 is 12.2 Å². The van der Waals surface area contributed by atoms with E-state index in [1.165, 1.54) is 4.68 Å². The first-order chi connectivity index (χ1) is 12.0. The number of aromatic nitrogens is 3. The number of ether oxygens (including phenoxy) is 3. The molecule has 10 nitrogen and oxygen atoms in total. The van der Waals surface area contributed by atoms with Gasteiger partial charge in [0.15, 0.2) is 0 Å². The van der Waals surface area contributed by atoms with Crippen molar-refractivity contribution in [1.82, 2.24) is 25.6 Å². The van der Waals surface area contributed by atoms with Crippen molar-refractivity contribution >= 4 is 12.2 Å². The molecule has 0 radical (unpaired) electrons. The van der Waals surface area contributed by atoms with Crippen molar-refractivity contribution in [2.45, 2.75) is 39.4 Å². The lowest BCUT2D eigenvalue weighted by Crippen LogP contribution is -2.29. The Bertz CT molecular complexity index is 522. The fraction of sp³-hybridized carbons (Fsp3) is 0.733. The molecule has 0 aliphatic rings. The number of carbonyl (C=O) groups excluding carboxylic acids is 2. The first-order valence-corrected chi connectivity index (χ1v) is 8.29. The molecule has 142 valence electrons. The molecule has 0 spiro atoms. The van der Waals surface area contributed by atoms with Gasteiger partial charge in [0.2, 0.25) is 0 Å². The van der Waals surface area contributed by atoms with Gasteiger partial charge in [-0.15, -0.1) is 5.10 Å². The summed E-state index contributed by atoms with van der Waals surface area (Å²) in [6.07, 6.45) is 1.92. The molecule has 25 heavy (non-hydrogen) atoms. The Morgan fingerprint density at radius 2 is 2.00 bits per heavy atom. The van der Waals surface area contributed by atoms with Crippen LogP contribution in [0.4, 0.5) is 9.59 Å². The Kier molecular flexibility index (Phi) is 9.98. The van der Waals surface area contributed by atoms with E-state index in [-0.39, 0.29) is 12.7 Å². The summed E-state index contributed by atoms with van der Waals surface area (Å²) in [5.41, 5.74) is 0.575. The second kappa shape index (κ2) is 12.1. The van der Waals surface area contributed by atoms with Crippen LogP contribution in [-0.2, 0) is 27.9 Å². The molecule has 0 aromatic carbocycles. The molecule has 1 atom stereocenters. The summed E-state index contributed by atoms with van der Waals surface area (Å²) in [4.78, 5) is 22.8. The van der Waals surface area contributed by atoms with Crippen LogP contribution in [0.25, 0.3) is 0 Å². The van der Waals surface area contributed by atoms with E-state index in [0.29, 0.717) is 38.4 Å². The van der Waals surface area contributed by atoms with Crippen molar-refractivity contribution in [3.8, 4) is 0 Å². The SMILES string of the molecule is CCCNC(=O)OC(C)CCOCCNC(=O)OCc1cn(C)nn1. The van der Waals surface area contributed by atoms with Crippen LogP contribution in [0.5, 0.6) is 0 Å². The molecule has 1 rings (SSSR count). The summed E-state index contributed by atoms with van der Waals surface area (Å²) < 4.78 is 17.0. The lowest BCUT2D eigenvalue weighted by atomic mass is 10.3. The number of hydrogen-bond donors (Lipinski definition) is 2. The van der Waals surface area contributed by atoms with Crippen molar-refractivity contribution < 1.29 is 23.8 Å². The van der Waals surface area contributed by atoms with Gasteiger partial charge in [-0.2, -0.15) is 0 Å². The monoisotopic (exact) mass is 357 g/mol. The third-order valence-electron chi connectivity index (χ3n) is 3.01. The van der Waals surface area contributed by atoms with Crippen LogP contribution >= 0.6 is 0 Å². The number of hydrogen-bond acceptors (Lipinski definition) is 7. The minimum Gasteiger partial charge on any atom is -0.446 e. The summed E-state index contributed by atoms with van der Waals surface area (Å²) >= 11 is 0. The van der Waals surface area contributed by atoms with Crippen LogP contribution in [0, 0.1) is 0 Å². The summed E-state index contributed by atoms with van der Waals surface area (Å²) in [5.74, 6) is 0. The minimum absolute atomic E-state index is 0.0650. The van der Waals surface area contributed by atoms with E-state index in [2.05, 4.69) is 20.9 Å². The Balaban J connectivity index is 1.96. The maximum Gasteiger partial charge on any atom is 0.407 e. The third kappa shape index (κ3) is 10.2. The lowest BCUT2D eigenvalue weighted by Gasteiger charge is -2.14. The highest BCUT2D eigenvalue weighted by Gasteiger charge is 2.08. The van der Waals surface area contributed by atoms with E-state index in [9.17, 15) is 9.59 Å². The average molecular weight is 357 g/mol. The molecule has 0 saturated carbocycles. The highest BCUT2D eigenvalue weighted by atomic mass is 16.6. The van der Waals surface area contributed by atoms with Crippen LogP contribution in [-0.4, -0.2) is 59.6 Å². The smallest absolute Gasteiger partial charge is 0.407 e. The van der Waals surface area contributed by atoms with Crippen molar-refractivity contribution in [1.29, 1.82) is 0 Å². The van der Waals surface area contributed by atoms with Gasteiger partial charge in [0.05, 0.1) is 19.4 Å². The zero-order chi connectivity index (χ0) is 18.5. The predicted octanol–water partition coefficient (Wildman–Crippen LogP) is 0.973. The first-order valence-electron chi connectivity index (χ1n) is 8.29. The van der Waals surface area contributed by atoms with Crippen LogP contribution in [0.2, 0.25) is 0 Å². The summed E-state index contributed by atoms with van der Waals surface area (Å²) in [7, 11) is 1.73. The zero-order valence-corrected chi connectivity index (χ0v) is 15.0. The molecule has 0 aliphatic heterocycles. The van der Waals surface area contributed by atoms with Gasteiger partial charge in [-0.05, 0) is 13.3 Å². The standard InChI is InChI=1S/C15H27N5O5/c1-4-6-16-15(22)25-12(2)5-8-23-9-7-17-14(21)24-11-13-10-20(3)19-18-13/h10,12H,4-9,11H2,1-3H3,(H,16,22)(H,17,21). The molecular formula is C15H27N5O5. The Hall–Kier alpha value is -2.36. The molecule has 1 aromatic heterocycles. The molecule has 0 fully saturated rings. The number of alkyl carbamates (subject to hydrolysis) is 2. The first kappa shape index (κ1) is 20.7. The van der Waals surface area contributed by atoms with Crippen molar-refractivity contribution in [2.75, 3.05) is 26.3 Å². The summed E-state index contributed by atoms with van der Waals surface area (Å²) in [5, 5.41) is 12.7. The molecule has 2 N–H and O–H groups in total. The molecule has 0 aliphatic carbocycles. The summed E-state index contributed by atoms with van der Waals surface area (Å²) in [6.45, 7) is 5.53. The van der Waals surface area contributed by atoms with Gasteiger partial charge in [0.25, 0.3) is 0 Å². The molecular weight excluding hydrogens is 330 g/mol. The quantitative estimate of drug-likeness (QED) is 0.567. The number of aryl methyl sites for hydroxylation is 1. The predicted molar refractivity (Wildman–Crippen MR) is 88.9 cm³/mol. The lowest BCUT2D eigenvalue weighted by molar-refractivity contribution is 0.0661. The highest BCUT2D eigenvalue weighted by molar-refractivity contribution is 5.67. The van der Waals surface area contributed by atoms with Gasteiger partial charge in [-0.1, -0.05) is 12.1 Å². The topological polar surface area (TPSA) is 117 Å². The zero-order valence-electron chi connectivity index (χ0n) is 15.0. The molecule has 0 saturated heterocycles. The van der Waals surface area contributed by atoms with E-state index >= 15 is 0 Å². The van der Waals surface area contributed by atoms with Crippen molar-refractivity contribution in [3.63, 3.8) is 0 Å². The number of nitrogens with zero attached hydrogens (tertiary/aromatic N) is 3. The number of amides is 2. The molecule has 1 aromatic rings. The average Bonchev–Trinajstić information content (AvgIpc) is 2.99. The van der Waals surface area contributed by atoms with Crippen molar-refractivity contribution in [3.05, 3.63) is 11.9 Å². The largest absolute Gasteiger partial charge is 0.446 e. The maximum atomic E-state index is 11.5. The number of nitrogens with one attached hydrogen (secondary N) is 2. The normalized spacial score (nSPS) is 11.6. The molecule has 1 heterocycles. The number of carbonyl (C=O) groups is 2. The second-order valence-electron chi connectivity index (χ2n) is 5.43. The Morgan fingerprint density at radius 1 is 1.24 bits per heavy atom. The van der Waals surface area contributed by atoms with Crippen molar-refractivity contribution in [2.24, 2.45) is 7.05 Å². The maximum absolute atomic E-state index is 11.5. The van der Waals surface area contributed by atoms with E-state index in [4.69, 9.17) is 14.2 Å². The van der Waals surface area contributed by atoms with Gasteiger partial charge in [0, 0.05) is 26.6 Å². The molecule has 2 amide bonds. The minimum atomic E-state index is -0.543. The third-order valence-corrected chi connectivity index (χ3v) is 3.01. The van der Waals surface area contributed by atoms with E-state index in [1.807, 2.05) is 6.92 Å². The van der Waals surface area contributed by atoms with Gasteiger partial charge in [0.1, 0.15) is 18.4 Å². The summed E-state index contributed by atoms with van der Waals surface area (Å²) in [6, 6.07) is 0. The van der Waals surface area contributed by atoms with Crippen LogP contribution < -0.4 is 10.6 Å². The van der Waals surface area contributed by atoms with E-state index in [0.717, 1.165) is 6.42 Å². The highest BCUT2D eigenvalue weighted by Crippen LogP contribution is 1.98. The van der Waals surface area contributed by atoms with Crippen LogP contribution in [0.3, 0.4) is 0 Å². The second-order valence-corrected chi connectivity index (χ2v) is 5.43. The van der Waals surface area contributed by atoms with Crippen LogP contribution in [0.15, 0.2) is 6.20 Å². The fourth-order valence-corrected chi connectivity index (χ4v) is 1.74. The molecule has 10 heteroatoms. The van der Waals surface area contributed by atoms with Gasteiger partial charge >= 0.3 is 12.2 Å². The Morgan fingerprint density at radius 3 is 2.68 bits per heavy atom. The van der Waals surface area contributed by atoms with E-state index in [1.54, 1.807) is 20.2 Å². The van der Waals surface area contributed by atoms with Gasteiger partial charge in [-0.3, -0.25) is 4.68 Å². The molecule has 0 bridgehead atoms. The van der Waals surface area contributed by atoms with Gasteiger partial charge in [-0.25, -0.2) is 9.59 Å². The Labute approximate surface area is 147 Å². The molecule has 1 unspecified atom stereocenters. The number of rotatable bonds is 11.